The fourth-order valence-corrected chi connectivity index (χ4v) is 3.73. The zero-order valence-electron chi connectivity index (χ0n) is 14.0. The average Bonchev–Trinajstić information content (AvgIpc) is 3.37. The van der Waals surface area contributed by atoms with Gasteiger partial charge in [0.25, 0.3) is 0 Å². The summed E-state index contributed by atoms with van der Waals surface area (Å²) in [7, 11) is 0. The van der Waals surface area contributed by atoms with Gasteiger partial charge in [0, 0.05) is 25.1 Å². The molecule has 1 N–H and O–H groups in total. The third-order valence-electron chi connectivity index (χ3n) is 5.13. The molecule has 0 bridgehead atoms. The molecule has 24 heavy (non-hydrogen) atoms. The minimum atomic E-state index is 0.210. The quantitative estimate of drug-likeness (QED) is 0.846. The summed E-state index contributed by atoms with van der Waals surface area (Å²) in [5.74, 6) is 2.00. The number of rotatable bonds is 7. The molecule has 1 heterocycles. The lowest BCUT2D eigenvalue weighted by Gasteiger charge is -2.35. The molecule has 5 heteroatoms. The fraction of sp³-hybridized carbons (Fsp3) is 0.579. The van der Waals surface area contributed by atoms with Crippen LogP contribution in [0, 0.1) is 0 Å². The molecule has 1 fully saturated rings. The minimum absolute atomic E-state index is 0.210. The number of hydrogen-bond donors (Lipinski definition) is 1. The second-order valence-corrected chi connectivity index (χ2v) is 6.96. The first-order chi connectivity index (χ1) is 11.8. The van der Waals surface area contributed by atoms with Gasteiger partial charge in [-0.25, -0.2) is 0 Å². The topological polar surface area (TPSA) is 62.4 Å². The lowest BCUT2D eigenvalue weighted by Crippen LogP contribution is -2.32. The van der Waals surface area contributed by atoms with Crippen molar-refractivity contribution in [3.63, 3.8) is 0 Å². The van der Waals surface area contributed by atoms with E-state index in [2.05, 4.69) is 39.4 Å². The molecular formula is C19H25N3O2. The van der Waals surface area contributed by atoms with Gasteiger partial charge in [-0.05, 0) is 49.7 Å². The van der Waals surface area contributed by atoms with Gasteiger partial charge < -0.3 is 9.52 Å². The maximum atomic E-state index is 9.28. The van der Waals surface area contributed by atoms with Crippen LogP contribution < -0.4 is 0 Å². The number of aryl methyl sites for hydroxylation is 1. The van der Waals surface area contributed by atoms with Gasteiger partial charge in [0.05, 0.1) is 6.54 Å². The van der Waals surface area contributed by atoms with Gasteiger partial charge in [-0.15, -0.1) is 10.2 Å². The standard InChI is InChI=1S/C19H25N3O2/c23-12-4-11-22(13-18-20-21-19(24-18)15-9-10-15)17-8-3-6-14-5-1-2-7-16(14)17/h1-2,5,7,15,17,23H,3-4,6,8-13H2. The van der Waals surface area contributed by atoms with Crippen LogP contribution in [0.15, 0.2) is 28.7 Å². The highest BCUT2D eigenvalue weighted by Crippen LogP contribution is 2.39. The van der Waals surface area contributed by atoms with Crippen molar-refractivity contribution in [1.82, 2.24) is 15.1 Å². The number of nitrogens with zero attached hydrogens (tertiary/aromatic N) is 3. The maximum absolute atomic E-state index is 9.28. The first-order valence-electron chi connectivity index (χ1n) is 9.10. The van der Waals surface area contributed by atoms with Gasteiger partial charge >= 0.3 is 0 Å². The van der Waals surface area contributed by atoms with Crippen LogP contribution >= 0.6 is 0 Å². The lowest BCUT2D eigenvalue weighted by molar-refractivity contribution is 0.139. The van der Waals surface area contributed by atoms with E-state index in [9.17, 15) is 5.11 Å². The molecule has 2 aromatic rings. The van der Waals surface area contributed by atoms with Crippen LogP contribution in [0.1, 0.15) is 67.0 Å². The fourth-order valence-electron chi connectivity index (χ4n) is 3.73. The smallest absolute Gasteiger partial charge is 0.230 e. The summed E-state index contributed by atoms with van der Waals surface area (Å²) >= 11 is 0. The van der Waals surface area contributed by atoms with Crippen molar-refractivity contribution >= 4 is 0 Å². The van der Waals surface area contributed by atoms with Crippen molar-refractivity contribution < 1.29 is 9.52 Å². The van der Waals surface area contributed by atoms with E-state index in [1.54, 1.807) is 0 Å². The van der Waals surface area contributed by atoms with Crippen molar-refractivity contribution in [2.75, 3.05) is 13.2 Å². The van der Waals surface area contributed by atoms with Gasteiger partial charge in [-0.1, -0.05) is 24.3 Å². The Balaban J connectivity index is 1.54. The van der Waals surface area contributed by atoms with E-state index in [1.807, 2.05) is 0 Å². The Morgan fingerprint density at radius 3 is 2.88 bits per heavy atom. The molecule has 0 aliphatic heterocycles. The van der Waals surface area contributed by atoms with Crippen molar-refractivity contribution in [3.05, 3.63) is 47.2 Å². The van der Waals surface area contributed by atoms with E-state index in [1.165, 1.54) is 30.4 Å². The molecule has 0 radical (unpaired) electrons. The Bertz CT molecular complexity index is 681. The molecular weight excluding hydrogens is 302 g/mol. The predicted octanol–water partition coefficient (Wildman–Crippen LogP) is 3.21. The average molecular weight is 327 g/mol. The summed E-state index contributed by atoms with van der Waals surface area (Å²) in [6, 6.07) is 9.11. The minimum Gasteiger partial charge on any atom is -0.424 e. The third kappa shape index (κ3) is 3.37. The number of aliphatic hydroxyl groups is 1. The second kappa shape index (κ2) is 7.03. The Labute approximate surface area is 142 Å². The van der Waals surface area contributed by atoms with Crippen molar-refractivity contribution in [1.29, 1.82) is 0 Å². The van der Waals surface area contributed by atoms with Gasteiger partial charge in [-0.3, -0.25) is 4.90 Å². The van der Waals surface area contributed by atoms with E-state index >= 15 is 0 Å². The molecule has 5 nitrogen and oxygen atoms in total. The number of hydrogen-bond acceptors (Lipinski definition) is 5. The summed E-state index contributed by atoms with van der Waals surface area (Å²) in [5.41, 5.74) is 2.87. The normalized spacial score (nSPS) is 20.3. The van der Waals surface area contributed by atoms with Crippen LogP contribution in [0.2, 0.25) is 0 Å². The summed E-state index contributed by atoms with van der Waals surface area (Å²) in [6.45, 7) is 1.72. The van der Waals surface area contributed by atoms with E-state index in [0.717, 1.165) is 31.7 Å². The van der Waals surface area contributed by atoms with Crippen LogP contribution in [0.25, 0.3) is 0 Å². The van der Waals surface area contributed by atoms with Crippen LogP contribution in [-0.2, 0) is 13.0 Å². The zero-order valence-corrected chi connectivity index (χ0v) is 14.0. The Hall–Kier alpha value is -1.72. The molecule has 1 atom stereocenters. The summed E-state index contributed by atoms with van der Waals surface area (Å²) < 4.78 is 5.87. The molecule has 2 aliphatic carbocycles. The third-order valence-corrected chi connectivity index (χ3v) is 5.13. The Morgan fingerprint density at radius 1 is 1.17 bits per heavy atom. The molecule has 2 aliphatic rings. The molecule has 0 saturated heterocycles. The highest BCUT2D eigenvalue weighted by molar-refractivity contribution is 5.32. The molecule has 1 aromatic carbocycles. The predicted molar refractivity (Wildman–Crippen MR) is 90.5 cm³/mol. The molecule has 0 amide bonds. The zero-order chi connectivity index (χ0) is 16.4. The van der Waals surface area contributed by atoms with Crippen LogP contribution in [0.4, 0.5) is 0 Å². The number of aliphatic hydroxyl groups excluding tert-OH is 1. The lowest BCUT2D eigenvalue weighted by atomic mass is 9.86. The summed E-state index contributed by atoms with van der Waals surface area (Å²) in [4.78, 5) is 2.40. The SMILES string of the molecule is OCCCN(Cc1nnc(C2CC2)o1)C1CCCc2ccccc21. The van der Waals surface area contributed by atoms with Gasteiger partial charge in [0.15, 0.2) is 0 Å². The molecule has 128 valence electrons. The van der Waals surface area contributed by atoms with Crippen LogP contribution in [0.3, 0.4) is 0 Å². The second-order valence-electron chi connectivity index (χ2n) is 6.96. The van der Waals surface area contributed by atoms with Gasteiger partial charge in [0.1, 0.15) is 0 Å². The molecule has 1 unspecified atom stereocenters. The summed E-state index contributed by atoms with van der Waals surface area (Å²) in [5, 5.41) is 17.7. The van der Waals surface area contributed by atoms with E-state index < -0.39 is 0 Å². The maximum Gasteiger partial charge on any atom is 0.230 e. The Morgan fingerprint density at radius 2 is 2.04 bits per heavy atom. The van der Waals surface area contributed by atoms with Gasteiger partial charge in [0.2, 0.25) is 11.8 Å². The van der Waals surface area contributed by atoms with E-state index in [0.29, 0.717) is 24.4 Å². The number of aromatic nitrogens is 2. The van der Waals surface area contributed by atoms with E-state index in [4.69, 9.17) is 4.42 Å². The number of benzene rings is 1. The van der Waals surface area contributed by atoms with Crippen molar-refractivity contribution in [2.45, 2.75) is 57.0 Å². The van der Waals surface area contributed by atoms with Crippen molar-refractivity contribution in [3.8, 4) is 0 Å². The highest BCUT2D eigenvalue weighted by Gasteiger charge is 2.31. The molecule has 1 aromatic heterocycles. The first-order valence-corrected chi connectivity index (χ1v) is 9.10. The molecule has 1 saturated carbocycles. The first kappa shape index (κ1) is 15.8. The molecule has 4 rings (SSSR count). The Kier molecular flexibility index (Phi) is 4.63. The number of fused-ring (bicyclic) bond motifs is 1. The monoisotopic (exact) mass is 327 g/mol. The van der Waals surface area contributed by atoms with Crippen LogP contribution in [-0.4, -0.2) is 33.4 Å². The largest absolute Gasteiger partial charge is 0.424 e. The van der Waals surface area contributed by atoms with Gasteiger partial charge in [-0.2, -0.15) is 0 Å². The highest BCUT2D eigenvalue weighted by atomic mass is 16.4. The van der Waals surface area contributed by atoms with Crippen molar-refractivity contribution in [2.24, 2.45) is 0 Å². The van der Waals surface area contributed by atoms with E-state index in [-0.39, 0.29) is 6.61 Å². The molecule has 0 spiro atoms. The summed E-state index contributed by atoms with van der Waals surface area (Å²) in [6.07, 6.45) is 6.62. The van der Waals surface area contributed by atoms with Crippen LogP contribution in [0.5, 0.6) is 0 Å².